The average molecular weight is 525 g/mol. The first-order valence-electron chi connectivity index (χ1n) is 9.74. The Morgan fingerprint density at radius 2 is 1.54 bits per heavy atom. The molecule has 11 heteroatoms. The molecular weight excluding hydrogens is 512 g/mol. The lowest BCUT2D eigenvalue weighted by molar-refractivity contribution is -0.154. The summed E-state index contributed by atoms with van der Waals surface area (Å²) in [6, 6.07) is 13.0. The highest BCUT2D eigenvalue weighted by atomic mass is 35.5. The predicted octanol–water partition coefficient (Wildman–Crippen LogP) is 7.14. The Kier molecular flexibility index (Phi) is 6.64. The van der Waals surface area contributed by atoms with Crippen molar-refractivity contribution in [2.45, 2.75) is 6.18 Å². The molecule has 0 spiro atoms. The maximum Gasteiger partial charge on any atom is 0.453 e. The predicted molar refractivity (Wildman–Crippen MR) is 122 cm³/mol. The van der Waals surface area contributed by atoms with Crippen LogP contribution < -0.4 is 19.6 Å². The zero-order valence-corrected chi connectivity index (χ0v) is 19.1. The molecule has 4 rings (SSSR count). The average Bonchev–Trinajstić information content (AvgIpc) is 2.82. The molecule has 0 amide bonds. The van der Waals surface area contributed by atoms with Crippen LogP contribution >= 0.6 is 23.2 Å². The van der Waals surface area contributed by atoms with Crippen molar-refractivity contribution in [3.05, 3.63) is 92.3 Å². The van der Waals surface area contributed by atoms with Gasteiger partial charge in [-0.05, 0) is 54.6 Å². The minimum Gasteiger partial charge on any atom is -0.497 e. The summed E-state index contributed by atoms with van der Waals surface area (Å²) < 4.78 is 61.7. The van der Waals surface area contributed by atoms with Gasteiger partial charge in [0.05, 0.1) is 28.1 Å². The number of esters is 1. The minimum atomic E-state index is -5.05. The molecule has 1 heterocycles. The van der Waals surface area contributed by atoms with Crippen molar-refractivity contribution in [1.29, 1.82) is 0 Å². The molecule has 0 N–H and O–H groups in total. The molecule has 0 fully saturated rings. The molecule has 0 saturated carbocycles. The van der Waals surface area contributed by atoms with E-state index in [2.05, 4.69) is 0 Å². The summed E-state index contributed by atoms with van der Waals surface area (Å²) in [5, 5.41) is 0.128. The van der Waals surface area contributed by atoms with E-state index in [9.17, 15) is 22.8 Å². The molecule has 0 aliphatic rings. The number of halogens is 5. The number of ether oxygens (including phenoxy) is 3. The van der Waals surface area contributed by atoms with Crippen LogP contribution in [0.3, 0.4) is 0 Å². The monoisotopic (exact) mass is 524 g/mol. The van der Waals surface area contributed by atoms with Crippen molar-refractivity contribution >= 4 is 40.1 Å². The van der Waals surface area contributed by atoms with Crippen LogP contribution in [0.1, 0.15) is 16.1 Å². The van der Waals surface area contributed by atoms with Crippen LogP contribution in [-0.4, -0.2) is 13.1 Å². The van der Waals surface area contributed by atoms with E-state index >= 15 is 0 Å². The fourth-order valence-electron chi connectivity index (χ4n) is 3.05. The van der Waals surface area contributed by atoms with Crippen LogP contribution in [0.4, 0.5) is 13.2 Å². The minimum absolute atomic E-state index is 0.0323. The van der Waals surface area contributed by atoms with Gasteiger partial charge in [0, 0.05) is 6.07 Å². The molecule has 0 unspecified atom stereocenters. The molecule has 180 valence electrons. The van der Waals surface area contributed by atoms with Gasteiger partial charge in [0.1, 0.15) is 22.8 Å². The number of carbonyl (C=O) groups is 1. The van der Waals surface area contributed by atoms with Crippen LogP contribution in [0.2, 0.25) is 10.0 Å². The summed E-state index contributed by atoms with van der Waals surface area (Å²) in [4.78, 5) is 25.3. The fraction of sp³-hybridized carbons (Fsp3) is 0.0833. The normalized spacial score (nSPS) is 11.4. The third kappa shape index (κ3) is 5.21. The lowest BCUT2D eigenvalue weighted by atomic mass is 10.2. The van der Waals surface area contributed by atoms with E-state index in [0.717, 1.165) is 6.07 Å². The van der Waals surface area contributed by atoms with Crippen molar-refractivity contribution in [2.24, 2.45) is 0 Å². The number of rotatable bonds is 5. The highest BCUT2D eigenvalue weighted by Crippen LogP contribution is 2.39. The Morgan fingerprint density at radius 3 is 2.17 bits per heavy atom. The van der Waals surface area contributed by atoms with Crippen LogP contribution in [0.15, 0.2) is 69.9 Å². The number of carbonyl (C=O) groups excluding carboxylic acids is 1. The lowest BCUT2D eigenvalue weighted by Gasteiger charge is -2.14. The van der Waals surface area contributed by atoms with Gasteiger partial charge in [0.25, 0.3) is 5.76 Å². The van der Waals surface area contributed by atoms with Gasteiger partial charge in [-0.15, -0.1) is 0 Å². The maximum absolute atomic E-state index is 13.7. The summed E-state index contributed by atoms with van der Waals surface area (Å²) in [7, 11) is 1.42. The highest BCUT2D eigenvalue weighted by molar-refractivity contribution is 6.42. The molecule has 0 aliphatic carbocycles. The number of benzene rings is 3. The first-order chi connectivity index (χ1) is 16.6. The SMILES string of the molecule is COc1ccc(Oc2c(C(F)(F)F)oc3cc(OC(=O)c4ccc(Cl)c(Cl)c4)ccc3c2=O)cc1. The van der Waals surface area contributed by atoms with Gasteiger partial charge in [-0.2, -0.15) is 13.2 Å². The van der Waals surface area contributed by atoms with E-state index in [-0.39, 0.29) is 32.5 Å². The Morgan fingerprint density at radius 1 is 0.886 bits per heavy atom. The summed E-state index contributed by atoms with van der Waals surface area (Å²) in [5.41, 5.74) is -1.46. The molecule has 0 aliphatic heterocycles. The van der Waals surface area contributed by atoms with E-state index in [1.807, 2.05) is 0 Å². The Hall–Kier alpha value is -3.69. The molecule has 0 radical (unpaired) electrons. The lowest BCUT2D eigenvalue weighted by Crippen LogP contribution is -2.15. The summed E-state index contributed by atoms with van der Waals surface area (Å²) in [6.07, 6.45) is -5.05. The van der Waals surface area contributed by atoms with Crippen molar-refractivity contribution in [2.75, 3.05) is 7.11 Å². The van der Waals surface area contributed by atoms with Crippen LogP contribution in [0.5, 0.6) is 23.0 Å². The van der Waals surface area contributed by atoms with Crippen LogP contribution in [0.25, 0.3) is 11.0 Å². The third-order valence-electron chi connectivity index (χ3n) is 4.72. The first kappa shape index (κ1) is 24.4. The van der Waals surface area contributed by atoms with Crippen LogP contribution in [0, 0.1) is 0 Å². The molecule has 0 bridgehead atoms. The standard InChI is InChI=1S/C24H13Cl2F3O6/c1-32-13-3-5-14(6-4-13)33-21-20(30)16-8-7-15(11-19(16)35-22(21)24(27,28)29)34-23(31)12-2-9-17(25)18(26)10-12/h2-11H,1H3. The van der Waals surface area contributed by atoms with Gasteiger partial charge in [-0.1, -0.05) is 23.2 Å². The number of hydrogen-bond donors (Lipinski definition) is 0. The number of alkyl halides is 3. The molecule has 0 atom stereocenters. The largest absolute Gasteiger partial charge is 0.497 e. The molecule has 0 saturated heterocycles. The second-order valence-electron chi connectivity index (χ2n) is 7.04. The first-order valence-corrected chi connectivity index (χ1v) is 10.5. The van der Waals surface area contributed by atoms with Crippen molar-refractivity contribution in [3.8, 4) is 23.0 Å². The Labute approximate surface area is 205 Å². The second kappa shape index (κ2) is 9.52. The van der Waals surface area contributed by atoms with Crippen LogP contribution in [-0.2, 0) is 6.18 Å². The van der Waals surface area contributed by atoms with Gasteiger partial charge in [-0.3, -0.25) is 4.79 Å². The highest BCUT2D eigenvalue weighted by Gasteiger charge is 2.40. The van der Waals surface area contributed by atoms with Crippen molar-refractivity contribution < 1.29 is 36.6 Å². The van der Waals surface area contributed by atoms with E-state index < -0.39 is 34.7 Å². The van der Waals surface area contributed by atoms with E-state index in [1.54, 1.807) is 0 Å². The summed E-state index contributed by atoms with van der Waals surface area (Å²) >= 11 is 11.7. The van der Waals surface area contributed by atoms with Gasteiger partial charge in [0.2, 0.25) is 11.2 Å². The molecule has 1 aromatic heterocycles. The summed E-state index contributed by atoms with van der Waals surface area (Å²) in [6.45, 7) is 0. The second-order valence-corrected chi connectivity index (χ2v) is 7.86. The van der Waals surface area contributed by atoms with Gasteiger partial charge >= 0.3 is 12.1 Å². The van der Waals surface area contributed by atoms with Gasteiger partial charge < -0.3 is 18.6 Å². The topological polar surface area (TPSA) is 75.0 Å². The number of hydrogen-bond acceptors (Lipinski definition) is 6. The quantitative estimate of drug-likeness (QED) is 0.204. The van der Waals surface area contributed by atoms with Gasteiger partial charge in [-0.25, -0.2) is 4.79 Å². The Bertz CT molecular complexity index is 1480. The molecule has 35 heavy (non-hydrogen) atoms. The van der Waals surface area contributed by atoms with Gasteiger partial charge in [0.15, 0.2) is 0 Å². The number of fused-ring (bicyclic) bond motifs is 1. The molecule has 6 nitrogen and oxygen atoms in total. The number of methoxy groups -OCH3 is 1. The summed E-state index contributed by atoms with van der Waals surface area (Å²) in [5.74, 6) is -3.26. The van der Waals surface area contributed by atoms with Crippen molar-refractivity contribution in [3.63, 3.8) is 0 Å². The van der Waals surface area contributed by atoms with E-state index in [4.69, 9.17) is 41.8 Å². The molecule has 3 aromatic carbocycles. The Balaban J connectivity index is 1.72. The smallest absolute Gasteiger partial charge is 0.453 e. The molecular formula is C24H13Cl2F3O6. The maximum atomic E-state index is 13.7. The molecule has 4 aromatic rings. The third-order valence-corrected chi connectivity index (χ3v) is 5.46. The van der Waals surface area contributed by atoms with Crippen molar-refractivity contribution in [1.82, 2.24) is 0 Å². The van der Waals surface area contributed by atoms with E-state index in [1.165, 1.54) is 61.7 Å². The fourth-order valence-corrected chi connectivity index (χ4v) is 3.35. The zero-order chi connectivity index (χ0) is 25.3. The van der Waals surface area contributed by atoms with E-state index in [0.29, 0.717) is 5.75 Å². The zero-order valence-electron chi connectivity index (χ0n) is 17.6.